The predicted octanol–water partition coefficient (Wildman–Crippen LogP) is 2.62. The zero-order valence-electron chi connectivity index (χ0n) is 12.0. The van der Waals surface area contributed by atoms with Crippen molar-refractivity contribution in [2.75, 3.05) is 24.6 Å². The van der Waals surface area contributed by atoms with E-state index >= 15 is 0 Å². The van der Waals surface area contributed by atoms with Gasteiger partial charge < -0.3 is 5.32 Å². The van der Waals surface area contributed by atoms with E-state index in [1.165, 1.54) is 32.1 Å². The molecule has 0 atom stereocenters. The quantitative estimate of drug-likeness (QED) is 0.693. The van der Waals surface area contributed by atoms with Gasteiger partial charge in [0.15, 0.2) is 9.84 Å². The van der Waals surface area contributed by atoms with Gasteiger partial charge in [-0.25, -0.2) is 8.42 Å². The van der Waals surface area contributed by atoms with Gasteiger partial charge in [-0.2, -0.15) is 0 Å². The Morgan fingerprint density at radius 2 is 1.72 bits per heavy atom. The molecule has 0 aromatic heterocycles. The van der Waals surface area contributed by atoms with Gasteiger partial charge in [-0.3, -0.25) is 0 Å². The highest BCUT2D eigenvalue weighted by Crippen LogP contribution is 2.29. The van der Waals surface area contributed by atoms with Crippen LogP contribution in [0.2, 0.25) is 0 Å². The van der Waals surface area contributed by atoms with Crippen LogP contribution in [0.1, 0.15) is 52.4 Å². The third-order valence-corrected chi connectivity index (χ3v) is 5.83. The van der Waals surface area contributed by atoms with Gasteiger partial charge in [0.05, 0.1) is 5.75 Å². The van der Waals surface area contributed by atoms with Crippen LogP contribution in [0.25, 0.3) is 0 Å². The number of hydrogen-bond acceptors (Lipinski definition) is 3. The Bertz CT molecular complexity index is 306. The first-order chi connectivity index (χ1) is 8.53. The molecule has 0 aliphatic heterocycles. The first-order valence-corrected chi connectivity index (χ1v) is 9.26. The molecular formula is C14H29NO2S. The zero-order valence-corrected chi connectivity index (χ0v) is 12.8. The smallest absolute Gasteiger partial charge is 0.151 e. The summed E-state index contributed by atoms with van der Waals surface area (Å²) in [6.07, 6.45) is 7.39. The van der Waals surface area contributed by atoms with Crippen molar-refractivity contribution in [1.82, 2.24) is 5.32 Å². The van der Waals surface area contributed by atoms with Gasteiger partial charge >= 0.3 is 0 Å². The average molecular weight is 275 g/mol. The van der Waals surface area contributed by atoms with Crippen molar-refractivity contribution in [2.45, 2.75) is 52.4 Å². The summed E-state index contributed by atoms with van der Waals surface area (Å²) < 4.78 is 23.0. The van der Waals surface area contributed by atoms with Crippen LogP contribution < -0.4 is 5.32 Å². The SMILES string of the molecule is CCCS(=O)(=O)CCNCCC1CCC(C)CC1. The molecule has 4 heteroatoms. The molecule has 108 valence electrons. The van der Waals surface area contributed by atoms with E-state index in [4.69, 9.17) is 0 Å². The molecule has 1 saturated carbocycles. The Morgan fingerprint density at radius 3 is 2.33 bits per heavy atom. The molecule has 0 aromatic carbocycles. The second-order valence-electron chi connectivity index (χ2n) is 5.82. The molecule has 0 radical (unpaired) electrons. The molecule has 0 spiro atoms. The van der Waals surface area contributed by atoms with E-state index in [9.17, 15) is 8.42 Å². The molecule has 0 saturated heterocycles. The minimum atomic E-state index is -2.81. The molecule has 1 aliphatic rings. The van der Waals surface area contributed by atoms with Gasteiger partial charge in [0.25, 0.3) is 0 Å². The standard InChI is InChI=1S/C14H29NO2S/c1-3-11-18(16,17)12-10-15-9-8-14-6-4-13(2)5-7-14/h13-15H,3-12H2,1-2H3. The van der Waals surface area contributed by atoms with E-state index < -0.39 is 9.84 Å². The van der Waals surface area contributed by atoms with Crippen LogP contribution in [0, 0.1) is 11.8 Å². The maximum atomic E-state index is 11.5. The number of nitrogens with one attached hydrogen (secondary N) is 1. The molecule has 0 unspecified atom stereocenters. The lowest BCUT2D eigenvalue weighted by Crippen LogP contribution is -2.27. The lowest BCUT2D eigenvalue weighted by atomic mass is 9.81. The Morgan fingerprint density at radius 1 is 1.06 bits per heavy atom. The Labute approximate surface area is 113 Å². The highest BCUT2D eigenvalue weighted by atomic mass is 32.2. The lowest BCUT2D eigenvalue weighted by molar-refractivity contribution is 0.276. The summed E-state index contributed by atoms with van der Waals surface area (Å²) in [5.41, 5.74) is 0. The van der Waals surface area contributed by atoms with E-state index in [-0.39, 0.29) is 0 Å². The molecule has 1 aliphatic carbocycles. The number of sulfone groups is 1. The number of rotatable bonds is 8. The average Bonchev–Trinajstić information content (AvgIpc) is 2.31. The van der Waals surface area contributed by atoms with Crippen molar-refractivity contribution in [3.05, 3.63) is 0 Å². The highest BCUT2D eigenvalue weighted by molar-refractivity contribution is 7.91. The predicted molar refractivity (Wildman–Crippen MR) is 77.6 cm³/mol. The summed E-state index contributed by atoms with van der Waals surface area (Å²) in [5.74, 6) is 2.40. The van der Waals surface area contributed by atoms with Crippen LogP contribution in [-0.2, 0) is 9.84 Å². The molecule has 3 nitrogen and oxygen atoms in total. The largest absolute Gasteiger partial charge is 0.316 e. The van der Waals surface area contributed by atoms with Crippen LogP contribution >= 0.6 is 0 Å². The van der Waals surface area contributed by atoms with Crippen molar-refractivity contribution < 1.29 is 8.42 Å². The molecule has 1 N–H and O–H groups in total. The van der Waals surface area contributed by atoms with Gasteiger partial charge in [0, 0.05) is 12.3 Å². The van der Waals surface area contributed by atoms with Crippen molar-refractivity contribution in [3.8, 4) is 0 Å². The van der Waals surface area contributed by atoms with Gasteiger partial charge in [0.1, 0.15) is 0 Å². The van der Waals surface area contributed by atoms with Crippen molar-refractivity contribution >= 4 is 9.84 Å². The van der Waals surface area contributed by atoms with Gasteiger partial charge in [-0.1, -0.05) is 39.5 Å². The molecule has 0 aromatic rings. The van der Waals surface area contributed by atoms with Gasteiger partial charge in [-0.15, -0.1) is 0 Å². The number of hydrogen-bond donors (Lipinski definition) is 1. The molecule has 0 heterocycles. The third kappa shape index (κ3) is 6.74. The van der Waals surface area contributed by atoms with Crippen LogP contribution in [0.4, 0.5) is 0 Å². The Hall–Kier alpha value is -0.0900. The van der Waals surface area contributed by atoms with Crippen LogP contribution in [-0.4, -0.2) is 33.0 Å². The van der Waals surface area contributed by atoms with Crippen molar-refractivity contribution in [3.63, 3.8) is 0 Å². The monoisotopic (exact) mass is 275 g/mol. The minimum Gasteiger partial charge on any atom is -0.316 e. The second kappa shape index (κ2) is 8.16. The van der Waals surface area contributed by atoms with Crippen LogP contribution in [0.15, 0.2) is 0 Å². The maximum absolute atomic E-state index is 11.5. The highest BCUT2D eigenvalue weighted by Gasteiger charge is 2.17. The van der Waals surface area contributed by atoms with Gasteiger partial charge in [0.2, 0.25) is 0 Å². The van der Waals surface area contributed by atoms with E-state index in [1.54, 1.807) is 0 Å². The molecule has 0 bridgehead atoms. The summed E-state index contributed by atoms with van der Waals surface area (Å²) in [7, 11) is -2.81. The Kier molecular flexibility index (Phi) is 7.23. The fraction of sp³-hybridized carbons (Fsp3) is 1.00. The zero-order chi connectivity index (χ0) is 13.4. The fourth-order valence-corrected chi connectivity index (χ4v) is 3.97. The van der Waals surface area contributed by atoms with E-state index in [2.05, 4.69) is 12.2 Å². The summed E-state index contributed by atoms with van der Waals surface area (Å²) in [6.45, 7) is 5.84. The van der Waals surface area contributed by atoms with Crippen LogP contribution in [0.3, 0.4) is 0 Å². The van der Waals surface area contributed by atoms with E-state index in [0.29, 0.717) is 18.1 Å². The summed E-state index contributed by atoms with van der Waals surface area (Å²) >= 11 is 0. The minimum absolute atomic E-state index is 0.294. The molecule has 1 fully saturated rings. The lowest BCUT2D eigenvalue weighted by Gasteiger charge is -2.26. The van der Waals surface area contributed by atoms with E-state index in [0.717, 1.165) is 24.8 Å². The van der Waals surface area contributed by atoms with Crippen LogP contribution in [0.5, 0.6) is 0 Å². The van der Waals surface area contributed by atoms with E-state index in [1.807, 2.05) is 6.92 Å². The molecular weight excluding hydrogens is 246 g/mol. The first kappa shape index (κ1) is 16.0. The fourth-order valence-electron chi connectivity index (χ4n) is 2.69. The van der Waals surface area contributed by atoms with Crippen molar-refractivity contribution in [2.24, 2.45) is 11.8 Å². The first-order valence-electron chi connectivity index (χ1n) is 7.44. The molecule has 18 heavy (non-hydrogen) atoms. The molecule has 0 amide bonds. The topological polar surface area (TPSA) is 46.2 Å². The summed E-state index contributed by atoms with van der Waals surface area (Å²) in [4.78, 5) is 0. The van der Waals surface area contributed by atoms with Gasteiger partial charge in [-0.05, 0) is 31.2 Å². The Balaban J connectivity index is 2.02. The summed E-state index contributed by atoms with van der Waals surface area (Å²) in [5, 5.41) is 3.28. The van der Waals surface area contributed by atoms with Crippen molar-refractivity contribution in [1.29, 1.82) is 0 Å². The second-order valence-corrected chi connectivity index (χ2v) is 8.12. The summed E-state index contributed by atoms with van der Waals surface area (Å²) in [6, 6.07) is 0. The maximum Gasteiger partial charge on any atom is 0.151 e. The molecule has 1 rings (SSSR count). The third-order valence-electron chi connectivity index (χ3n) is 3.97. The normalized spacial score (nSPS) is 25.2.